The van der Waals surface area contributed by atoms with Gasteiger partial charge in [-0.05, 0) is 81.4 Å². The maximum atomic E-state index is 10.4. The summed E-state index contributed by atoms with van der Waals surface area (Å²) in [7, 11) is 0. The summed E-state index contributed by atoms with van der Waals surface area (Å²) in [5.41, 5.74) is 1.31. The number of ether oxygens (including phenoxy) is 1. The van der Waals surface area contributed by atoms with E-state index in [1.807, 2.05) is 6.07 Å². The van der Waals surface area contributed by atoms with Crippen LogP contribution in [0.5, 0.6) is 5.75 Å². The Morgan fingerprint density at radius 2 is 1.80 bits per heavy atom. The van der Waals surface area contributed by atoms with Crippen molar-refractivity contribution in [3.05, 3.63) is 29.8 Å². The van der Waals surface area contributed by atoms with Crippen molar-refractivity contribution in [1.29, 1.82) is 0 Å². The topological polar surface area (TPSA) is 44.7 Å². The lowest BCUT2D eigenvalue weighted by Crippen LogP contribution is -2.42. The SMILES string of the molecule is Cl.Cl.O[C@@H]1C[C@H]2CNC[C@H]2C[C@H]1Oc1cccc(CN2CCCC2)c1. The third-order valence-electron chi connectivity index (χ3n) is 5.78. The minimum atomic E-state index is -0.335. The molecule has 0 aromatic heterocycles. The number of rotatable bonds is 4. The van der Waals surface area contributed by atoms with Gasteiger partial charge in [-0.3, -0.25) is 4.90 Å². The van der Waals surface area contributed by atoms with Gasteiger partial charge in [0.15, 0.2) is 0 Å². The highest BCUT2D eigenvalue weighted by Gasteiger charge is 2.39. The Balaban J connectivity index is 0.00000113. The van der Waals surface area contributed by atoms with Crippen molar-refractivity contribution >= 4 is 24.8 Å². The maximum absolute atomic E-state index is 10.4. The van der Waals surface area contributed by atoms with Crippen LogP contribution in [0.2, 0.25) is 0 Å². The summed E-state index contributed by atoms with van der Waals surface area (Å²) in [4.78, 5) is 2.50. The van der Waals surface area contributed by atoms with Gasteiger partial charge in [-0.1, -0.05) is 12.1 Å². The average Bonchev–Trinajstić information content (AvgIpc) is 3.19. The Morgan fingerprint density at radius 3 is 2.56 bits per heavy atom. The minimum Gasteiger partial charge on any atom is -0.488 e. The molecule has 4 atom stereocenters. The molecule has 2 N–H and O–H groups in total. The average molecular weight is 389 g/mol. The molecule has 142 valence electrons. The number of likely N-dealkylation sites (tertiary alicyclic amines) is 1. The second-order valence-corrected chi connectivity index (χ2v) is 7.50. The molecule has 0 spiro atoms. The van der Waals surface area contributed by atoms with Gasteiger partial charge in [0.05, 0.1) is 6.10 Å². The Kier molecular flexibility index (Phi) is 7.84. The van der Waals surface area contributed by atoms with Crippen LogP contribution in [-0.4, -0.2) is 48.4 Å². The van der Waals surface area contributed by atoms with Gasteiger partial charge in [0.1, 0.15) is 11.9 Å². The zero-order valence-corrected chi connectivity index (χ0v) is 16.2. The maximum Gasteiger partial charge on any atom is 0.125 e. The molecule has 0 radical (unpaired) electrons. The minimum absolute atomic E-state index is 0. The molecule has 2 heterocycles. The van der Waals surface area contributed by atoms with Crippen LogP contribution in [0.1, 0.15) is 31.2 Å². The number of nitrogens with zero attached hydrogens (tertiary/aromatic N) is 1. The molecule has 2 aliphatic heterocycles. The molecule has 3 aliphatic rings. The number of halogens is 2. The van der Waals surface area contributed by atoms with Gasteiger partial charge >= 0.3 is 0 Å². The molecule has 0 bridgehead atoms. The van der Waals surface area contributed by atoms with Crippen molar-refractivity contribution in [2.45, 2.75) is 44.4 Å². The second-order valence-electron chi connectivity index (χ2n) is 7.50. The van der Waals surface area contributed by atoms with E-state index in [2.05, 4.69) is 28.4 Å². The summed E-state index contributed by atoms with van der Waals surface area (Å²) < 4.78 is 6.18. The van der Waals surface area contributed by atoms with E-state index in [-0.39, 0.29) is 37.0 Å². The van der Waals surface area contributed by atoms with Crippen LogP contribution < -0.4 is 10.1 Å². The smallest absolute Gasteiger partial charge is 0.125 e. The first-order chi connectivity index (χ1) is 11.3. The van der Waals surface area contributed by atoms with E-state index in [4.69, 9.17) is 4.74 Å². The predicted octanol–water partition coefficient (Wildman–Crippen LogP) is 2.86. The molecule has 3 fully saturated rings. The molecule has 6 heteroatoms. The van der Waals surface area contributed by atoms with Crippen molar-refractivity contribution in [3.63, 3.8) is 0 Å². The first kappa shape index (κ1) is 20.8. The summed E-state index contributed by atoms with van der Waals surface area (Å²) in [6.07, 6.45) is 4.09. The number of fused-ring (bicyclic) bond motifs is 1. The van der Waals surface area contributed by atoms with Gasteiger partial charge in [-0.25, -0.2) is 0 Å². The molecule has 1 aromatic rings. The number of hydrogen-bond donors (Lipinski definition) is 2. The van der Waals surface area contributed by atoms with Crippen LogP contribution in [0.3, 0.4) is 0 Å². The van der Waals surface area contributed by atoms with E-state index in [9.17, 15) is 5.11 Å². The van der Waals surface area contributed by atoms with E-state index in [0.717, 1.165) is 38.2 Å². The highest BCUT2D eigenvalue weighted by Crippen LogP contribution is 2.35. The van der Waals surface area contributed by atoms with Gasteiger partial charge < -0.3 is 15.2 Å². The van der Waals surface area contributed by atoms with Crippen LogP contribution in [-0.2, 0) is 6.54 Å². The Labute approximate surface area is 163 Å². The van der Waals surface area contributed by atoms with Crippen molar-refractivity contribution < 1.29 is 9.84 Å². The lowest BCUT2D eigenvalue weighted by Gasteiger charge is -2.35. The van der Waals surface area contributed by atoms with Gasteiger partial charge in [0.2, 0.25) is 0 Å². The molecule has 0 unspecified atom stereocenters. The number of nitrogens with one attached hydrogen (secondary N) is 1. The Morgan fingerprint density at radius 1 is 1.08 bits per heavy atom. The molecule has 4 rings (SSSR count). The molecular formula is C19H30Cl2N2O2. The normalized spacial score (nSPS) is 31.7. The Bertz CT molecular complexity index is 540. The first-order valence-electron chi connectivity index (χ1n) is 9.14. The summed E-state index contributed by atoms with van der Waals surface area (Å²) in [6.45, 7) is 5.57. The fraction of sp³-hybridized carbons (Fsp3) is 0.684. The van der Waals surface area contributed by atoms with E-state index < -0.39 is 0 Å². The van der Waals surface area contributed by atoms with Crippen molar-refractivity contribution in [2.24, 2.45) is 11.8 Å². The highest BCUT2D eigenvalue weighted by molar-refractivity contribution is 5.85. The number of aliphatic hydroxyl groups excluding tert-OH is 1. The summed E-state index contributed by atoms with van der Waals surface area (Å²) in [5, 5.41) is 13.9. The quantitative estimate of drug-likeness (QED) is 0.831. The van der Waals surface area contributed by atoms with Gasteiger partial charge in [-0.15, -0.1) is 24.8 Å². The van der Waals surface area contributed by atoms with E-state index in [1.165, 1.54) is 31.5 Å². The number of benzene rings is 1. The van der Waals surface area contributed by atoms with Gasteiger partial charge in [0, 0.05) is 6.54 Å². The van der Waals surface area contributed by atoms with Crippen LogP contribution in [0.15, 0.2) is 24.3 Å². The predicted molar refractivity (Wildman–Crippen MR) is 105 cm³/mol. The van der Waals surface area contributed by atoms with Crippen molar-refractivity contribution in [3.8, 4) is 5.75 Å². The Hall–Kier alpha value is -0.520. The summed E-state index contributed by atoms with van der Waals surface area (Å²) in [6, 6.07) is 8.44. The summed E-state index contributed by atoms with van der Waals surface area (Å²) >= 11 is 0. The second kappa shape index (κ2) is 9.43. The molecule has 4 nitrogen and oxygen atoms in total. The van der Waals surface area contributed by atoms with E-state index in [1.54, 1.807) is 0 Å². The fourth-order valence-electron chi connectivity index (χ4n) is 4.47. The third-order valence-corrected chi connectivity index (χ3v) is 5.78. The van der Waals surface area contributed by atoms with Gasteiger partial charge in [0.25, 0.3) is 0 Å². The van der Waals surface area contributed by atoms with Crippen molar-refractivity contribution in [2.75, 3.05) is 26.2 Å². The third kappa shape index (κ3) is 5.01. The van der Waals surface area contributed by atoms with E-state index in [0.29, 0.717) is 11.8 Å². The molecule has 2 saturated heterocycles. The zero-order valence-electron chi connectivity index (χ0n) is 14.6. The van der Waals surface area contributed by atoms with Crippen LogP contribution in [0.25, 0.3) is 0 Å². The monoisotopic (exact) mass is 388 g/mol. The summed E-state index contributed by atoms with van der Waals surface area (Å²) in [5.74, 6) is 2.21. The van der Waals surface area contributed by atoms with Crippen LogP contribution >= 0.6 is 24.8 Å². The van der Waals surface area contributed by atoms with E-state index >= 15 is 0 Å². The number of aliphatic hydroxyl groups is 1. The molecule has 0 amide bonds. The van der Waals surface area contributed by atoms with Crippen LogP contribution in [0, 0.1) is 11.8 Å². The largest absolute Gasteiger partial charge is 0.488 e. The zero-order chi connectivity index (χ0) is 15.6. The van der Waals surface area contributed by atoms with Crippen molar-refractivity contribution in [1.82, 2.24) is 10.2 Å². The highest BCUT2D eigenvalue weighted by atomic mass is 35.5. The van der Waals surface area contributed by atoms with Gasteiger partial charge in [-0.2, -0.15) is 0 Å². The number of hydrogen-bond acceptors (Lipinski definition) is 4. The standard InChI is InChI=1S/C19H28N2O2.2ClH/c22-18-9-15-11-20-12-16(15)10-19(18)23-17-5-3-4-14(8-17)13-21-6-1-2-7-21;;/h3-5,8,15-16,18-20,22H,1-2,6-7,9-13H2;2*1H/t15-,16+,18+,19+;;/m0../s1. The van der Waals surface area contributed by atoms with Crippen LogP contribution in [0.4, 0.5) is 0 Å². The molecule has 1 aliphatic carbocycles. The molecule has 25 heavy (non-hydrogen) atoms. The lowest BCUT2D eigenvalue weighted by atomic mass is 9.78. The molecule has 1 aromatic carbocycles. The fourth-order valence-corrected chi connectivity index (χ4v) is 4.47. The first-order valence-corrected chi connectivity index (χ1v) is 9.14. The lowest BCUT2D eigenvalue weighted by molar-refractivity contribution is -0.0231. The molecule has 1 saturated carbocycles. The molecular weight excluding hydrogens is 359 g/mol.